The summed E-state index contributed by atoms with van der Waals surface area (Å²) in [5.41, 5.74) is 1.09. The summed E-state index contributed by atoms with van der Waals surface area (Å²) in [6.07, 6.45) is 1.52. The SMILES string of the molecule is CCN(CC(=O)N(Cc1ccccc1)Cc1ccco1)CC1COc2ccccc2O1. The second kappa shape index (κ2) is 10.2. The minimum Gasteiger partial charge on any atom is -0.486 e. The van der Waals surface area contributed by atoms with Crippen LogP contribution in [-0.4, -0.2) is 48.1 Å². The molecule has 2 aromatic carbocycles. The molecule has 6 heteroatoms. The van der Waals surface area contributed by atoms with Crippen LogP contribution in [0.1, 0.15) is 18.2 Å². The summed E-state index contributed by atoms with van der Waals surface area (Å²) in [4.78, 5) is 17.2. The maximum atomic E-state index is 13.3. The Morgan fingerprint density at radius 3 is 2.48 bits per heavy atom. The van der Waals surface area contributed by atoms with Crippen molar-refractivity contribution in [2.24, 2.45) is 0 Å². The van der Waals surface area contributed by atoms with Crippen molar-refractivity contribution < 1.29 is 18.7 Å². The van der Waals surface area contributed by atoms with Crippen LogP contribution in [0.15, 0.2) is 77.4 Å². The fourth-order valence-corrected chi connectivity index (χ4v) is 3.66. The highest BCUT2D eigenvalue weighted by atomic mass is 16.6. The Bertz CT molecular complexity index is 959. The second-order valence-corrected chi connectivity index (χ2v) is 7.64. The highest BCUT2D eigenvalue weighted by Gasteiger charge is 2.25. The number of furan rings is 1. The van der Waals surface area contributed by atoms with Gasteiger partial charge in [-0.15, -0.1) is 0 Å². The van der Waals surface area contributed by atoms with Gasteiger partial charge >= 0.3 is 0 Å². The topological polar surface area (TPSA) is 55.2 Å². The molecule has 6 nitrogen and oxygen atoms in total. The van der Waals surface area contributed by atoms with Crippen LogP contribution in [0, 0.1) is 0 Å². The van der Waals surface area contributed by atoms with Gasteiger partial charge in [0.25, 0.3) is 0 Å². The average molecular weight is 421 g/mol. The van der Waals surface area contributed by atoms with E-state index < -0.39 is 0 Å². The quantitative estimate of drug-likeness (QED) is 0.524. The van der Waals surface area contributed by atoms with Crippen molar-refractivity contribution in [2.75, 3.05) is 26.2 Å². The number of hydrogen-bond acceptors (Lipinski definition) is 5. The van der Waals surface area contributed by atoms with Crippen molar-refractivity contribution in [3.05, 3.63) is 84.3 Å². The molecular formula is C25H28N2O4. The molecule has 0 spiro atoms. The van der Waals surface area contributed by atoms with Crippen LogP contribution in [0.2, 0.25) is 0 Å². The van der Waals surface area contributed by atoms with Gasteiger partial charge in [-0.1, -0.05) is 49.4 Å². The zero-order valence-electron chi connectivity index (χ0n) is 17.8. The molecule has 0 bridgehead atoms. The monoisotopic (exact) mass is 420 g/mol. The maximum Gasteiger partial charge on any atom is 0.237 e. The van der Waals surface area contributed by atoms with E-state index in [9.17, 15) is 4.79 Å². The Hall–Kier alpha value is -3.25. The lowest BCUT2D eigenvalue weighted by atomic mass is 10.2. The molecule has 2 heterocycles. The van der Waals surface area contributed by atoms with Crippen LogP contribution in [0.4, 0.5) is 0 Å². The first-order valence-electron chi connectivity index (χ1n) is 10.7. The molecule has 3 aromatic rings. The maximum absolute atomic E-state index is 13.3. The summed E-state index contributed by atoms with van der Waals surface area (Å²) >= 11 is 0. The van der Waals surface area contributed by atoms with E-state index in [0.29, 0.717) is 32.8 Å². The minimum absolute atomic E-state index is 0.0548. The van der Waals surface area contributed by atoms with Crippen molar-refractivity contribution >= 4 is 5.91 Å². The van der Waals surface area contributed by atoms with Crippen molar-refractivity contribution in [1.82, 2.24) is 9.80 Å². The van der Waals surface area contributed by atoms with E-state index in [1.54, 1.807) is 6.26 Å². The van der Waals surface area contributed by atoms with E-state index in [-0.39, 0.29) is 12.0 Å². The molecule has 1 aliphatic heterocycles. The zero-order chi connectivity index (χ0) is 21.5. The predicted octanol–water partition coefficient (Wildman–Crippen LogP) is 3.97. The third-order valence-corrected chi connectivity index (χ3v) is 5.33. The van der Waals surface area contributed by atoms with Gasteiger partial charge in [-0.25, -0.2) is 0 Å². The first kappa shape index (κ1) is 21.0. The molecule has 0 N–H and O–H groups in total. The third kappa shape index (κ3) is 5.67. The number of para-hydroxylation sites is 2. The highest BCUT2D eigenvalue weighted by Crippen LogP contribution is 2.31. The highest BCUT2D eigenvalue weighted by molar-refractivity contribution is 5.78. The number of benzene rings is 2. The molecule has 1 atom stereocenters. The van der Waals surface area contributed by atoms with Crippen LogP contribution >= 0.6 is 0 Å². The molecule has 0 saturated heterocycles. The van der Waals surface area contributed by atoms with Crippen LogP contribution < -0.4 is 9.47 Å². The van der Waals surface area contributed by atoms with Gasteiger partial charge in [0.15, 0.2) is 11.5 Å². The Labute approximate surface area is 183 Å². The van der Waals surface area contributed by atoms with Crippen molar-refractivity contribution in [1.29, 1.82) is 0 Å². The van der Waals surface area contributed by atoms with E-state index in [1.807, 2.05) is 71.6 Å². The Morgan fingerprint density at radius 1 is 0.968 bits per heavy atom. The van der Waals surface area contributed by atoms with Gasteiger partial charge in [-0.05, 0) is 36.4 Å². The fourth-order valence-electron chi connectivity index (χ4n) is 3.66. The number of rotatable bonds is 9. The first-order chi connectivity index (χ1) is 15.2. The van der Waals surface area contributed by atoms with Crippen LogP contribution in [-0.2, 0) is 17.9 Å². The smallest absolute Gasteiger partial charge is 0.237 e. The molecule has 1 aromatic heterocycles. The number of ether oxygens (including phenoxy) is 2. The van der Waals surface area contributed by atoms with E-state index in [1.165, 1.54) is 0 Å². The van der Waals surface area contributed by atoms with Gasteiger partial charge in [0.05, 0.1) is 19.4 Å². The molecule has 1 amide bonds. The molecule has 0 aliphatic carbocycles. The van der Waals surface area contributed by atoms with Gasteiger partial charge in [0, 0.05) is 13.1 Å². The van der Waals surface area contributed by atoms with Crippen LogP contribution in [0.25, 0.3) is 0 Å². The summed E-state index contributed by atoms with van der Waals surface area (Å²) in [5.74, 6) is 2.35. The number of hydrogen-bond donors (Lipinski definition) is 0. The van der Waals surface area contributed by atoms with E-state index in [4.69, 9.17) is 13.9 Å². The van der Waals surface area contributed by atoms with Crippen molar-refractivity contribution in [3.63, 3.8) is 0 Å². The Balaban J connectivity index is 1.39. The summed E-state index contributed by atoms with van der Waals surface area (Å²) in [6.45, 7) is 5.18. The Kier molecular flexibility index (Phi) is 6.89. The molecule has 0 fully saturated rings. The standard InChI is InChI=1S/C25H28N2O4/c1-2-26(16-22-19-30-23-12-6-7-13-24(23)31-22)18-25(28)27(17-21-11-8-14-29-21)15-20-9-4-3-5-10-20/h3-14,22H,2,15-19H2,1H3. The molecule has 4 rings (SSSR count). The van der Waals surface area contributed by atoms with Crippen molar-refractivity contribution in [3.8, 4) is 11.5 Å². The van der Waals surface area contributed by atoms with E-state index in [2.05, 4.69) is 11.8 Å². The number of nitrogens with zero attached hydrogens (tertiary/aromatic N) is 2. The largest absolute Gasteiger partial charge is 0.486 e. The Morgan fingerprint density at radius 2 is 1.74 bits per heavy atom. The fraction of sp³-hybridized carbons (Fsp3) is 0.320. The van der Waals surface area contributed by atoms with Gasteiger partial charge in [0.1, 0.15) is 18.5 Å². The van der Waals surface area contributed by atoms with Crippen molar-refractivity contribution in [2.45, 2.75) is 26.1 Å². The number of carbonyl (C=O) groups excluding carboxylic acids is 1. The molecule has 1 aliphatic rings. The molecule has 31 heavy (non-hydrogen) atoms. The summed E-state index contributed by atoms with van der Waals surface area (Å²) in [6, 6.07) is 21.4. The lowest BCUT2D eigenvalue weighted by molar-refractivity contribution is -0.134. The first-order valence-corrected chi connectivity index (χ1v) is 10.7. The van der Waals surface area contributed by atoms with E-state index in [0.717, 1.165) is 29.4 Å². The molecule has 0 radical (unpaired) electrons. The average Bonchev–Trinajstić information content (AvgIpc) is 3.32. The zero-order valence-corrected chi connectivity index (χ0v) is 17.8. The minimum atomic E-state index is -0.115. The van der Waals surface area contributed by atoms with Crippen LogP contribution in [0.3, 0.4) is 0 Å². The molecule has 162 valence electrons. The summed E-state index contributed by atoms with van der Waals surface area (Å²) in [5, 5.41) is 0. The summed E-state index contributed by atoms with van der Waals surface area (Å²) < 4.78 is 17.4. The summed E-state index contributed by atoms with van der Waals surface area (Å²) in [7, 11) is 0. The number of likely N-dealkylation sites (N-methyl/N-ethyl adjacent to an activating group) is 1. The van der Waals surface area contributed by atoms with Gasteiger partial charge in [0.2, 0.25) is 5.91 Å². The van der Waals surface area contributed by atoms with Gasteiger partial charge in [-0.2, -0.15) is 0 Å². The van der Waals surface area contributed by atoms with Crippen LogP contribution in [0.5, 0.6) is 11.5 Å². The predicted molar refractivity (Wildman–Crippen MR) is 118 cm³/mol. The number of fused-ring (bicyclic) bond motifs is 1. The third-order valence-electron chi connectivity index (χ3n) is 5.33. The number of carbonyl (C=O) groups is 1. The van der Waals surface area contributed by atoms with Gasteiger partial charge < -0.3 is 18.8 Å². The molecule has 0 saturated carbocycles. The molecular weight excluding hydrogens is 392 g/mol. The lowest BCUT2D eigenvalue weighted by Crippen LogP contribution is -2.45. The van der Waals surface area contributed by atoms with E-state index >= 15 is 0 Å². The normalized spacial score (nSPS) is 15.1. The second-order valence-electron chi connectivity index (χ2n) is 7.64. The molecule has 1 unspecified atom stereocenters. The van der Waals surface area contributed by atoms with Gasteiger partial charge in [-0.3, -0.25) is 9.69 Å². The lowest BCUT2D eigenvalue weighted by Gasteiger charge is -2.31. The number of amides is 1.